The molecule has 0 aromatic carbocycles. The highest BCUT2D eigenvalue weighted by Gasteiger charge is 2.33. The number of halogens is 1. The Kier molecular flexibility index (Phi) is 4.21. The average Bonchev–Trinajstić information content (AvgIpc) is 2.91. The molecular weight excluding hydrogens is 268 g/mol. The Morgan fingerprint density at radius 1 is 1.33 bits per heavy atom. The number of morpholine rings is 1. The van der Waals surface area contributed by atoms with Gasteiger partial charge in [0, 0.05) is 37.6 Å². The summed E-state index contributed by atoms with van der Waals surface area (Å²) < 4.78 is 6.70. The van der Waals surface area contributed by atoms with Crippen LogP contribution in [0.25, 0.3) is 0 Å². The van der Waals surface area contributed by atoms with E-state index in [1.54, 1.807) is 11.3 Å². The van der Waals surface area contributed by atoms with Crippen molar-refractivity contribution in [3.63, 3.8) is 0 Å². The monoisotopic (exact) mass is 286 g/mol. The van der Waals surface area contributed by atoms with E-state index in [1.165, 1.54) is 17.7 Å². The fraction of sp³-hybridized carbons (Fsp3) is 0.692. The van der Waals surface area contributed by atoms with Crippen molar-refractivity contribution in [1.82, 2.24) is 10.2 Å². The van der Waals surface area contributed by atoms with Crippen molar-refractivity contribution >= 4 is 22.9 Å². The molecular formula is C13H19ClN2OS. The highest BCUT2D eigenvalue weighted by molar-refractivity contribution is 7.16. The fourth-order valence-electron chi connectivity index (χ4n) is 2.78. The molecule has 2 saturated heterocycles. The number of ether oxygens (including phenoxy) is 1. The van der Waals surface area contributed by atoms with Crippen LogP contribution in [0.4, 0.5) is 0 Å². The normalized spacial score (nSPS) is 27.8. The van der Waals surface area contributed by atoms with Gasteiger partial charge in [0.2, 0.25) is 0 Å². The Hall–Kier alpha value is -0.130. The Morgan fingerprint density at radius 3 is 2.78 bits per heavy atom. The van der Waals surface area contributed by atoms with Crippen LogP contribution in [-0.4, -0.2) is 43.3 Å². The summed E-state index contributed by atoms with van der Waals surface area (Å²) >= 11 is 7.56. The molecule has 0 radical (unpaired) electrons. The smallest absolute Gasteiger partial charge is 0.0931 e. The summed E-state index contributed by atoms with van der Waals surface area (Å²) in [4.78, 5) is 3.84. The van der Waals surface area contributed by atoms with E-state index in [4.69, 9.17) is 16.3 Å². The van der Waals surface area contributed by atoms with Crippen LogP contribution in [-0.2, 0) is 11.3 Å². The minimum absolute atomic E-state index is 0.500. The molecule has 2 aliphatic rings. The SMILES string of the molecule is Clc1ccc(CNCCN2CC3CCC(C2)O3)s1. The van der Waals surface area contributed by atoms with Gasteiger partial charge in [0.15, 0.2) is 0 Å². The minimum atomic E-state index is 0.500. The van der Waals surface area contributed by atoms with E-state index in [-0.39, 0.29) is 0 Å². The lowest BCUT2D eigenvalue weighted by atomic mass is 10.2. The van der Waals surface area contributed by atoms with E-state index in [0.29, 0.717) is 12.2 Å². The summed E-state index contributed by atoms with van der Waals surface area (Å²) in [5.41, 5.74) is 0. The first-order valence-corrected chi connectivity index (χ1v) is 7.82. The molecule has 3 heterocycles. The molecule has 0 aliphatic carbocycles. The fourth-order valence-corrected chi connectivity index (χ4v) is 3.83. The van der Waals surface area contributed by atoms with Crippen molar-refractivity contribution in [2.45, 2.75) is 31.6 Å². The predicted molar refractivity (Wildman–Crippen MR) is 75.4 cm³/mol. The van der Waals surface area contributed by atoms with Gasteiger partial charge in [-0.1, -0.05) is 11.6 Å². The lowest BCUT2D eigenvalue weighted by molar-refractivity contribution is -0.0376. The van der Waals surface area contributed by atoms with Crippen LogP contribution in [0, 0.1) is 0 Å². The van der Waals surface area contributed by atoms with Crippen LogP contribution in [0.5, 0.6) is 0 Å². The lowest BCUT2D eigenvalue weighted by Crippen LogP contribution is -2.45. The molecule has 1 aromatic rings. The summed E-state index contributed by atoms with van der Waals surface area (Å²) in [6.07, 6.45) is 3.50. The first-order chi connectivity index (χ1) is 8.79. The molecule has 5 heteroatoms. The molecule has 2 aliphatic heterocycles. The van der Waals surface area contributed by atoms with Crippen LogP contribution >= 0.6 is 22.9 Å². The second kappa shape index (κ2) is 5.88. The molecule has 1 aromatic heterocycles. The lowest BCUT2D eigenvalue weighted by Gasteiger charge is -2.32. The van der Waals surface area contributed by atoms with Crippen molar-refractivity contribution in [1.29, 1.82) is 0 Å². The third-order valence-electron chi connectivity index (χ3n) is 3.65. The van der Waals surface area contributed by atoms with Crippen molar-refractivity contribution in [3.8, 4) is 0 Å². The Bertz CT molecular complexity index is 386. The van der Waals surface area contributed by atoms with E-state index in [2.05, 4.69) is 16.3 Å². The maximum Gasteiger partial charge on any atom is 0.0931 e. The second-order valence-corrected chi connectivity index (χ2v) is 6.90. The highest BCUT2D eigenvalue weighted by Crippen LogP contribution is 2.25. The summed E-state index contributed by atoms with van der Waals surface area (Å²) in [6.45, 7) is 5.31. The van der Waals surface area contributed by atoms with Crippen LogP contribution < -0.4 is 5.32 Å². The summed E-state index contributed by atoms with van der Waals surface area (Å²) in [5.74, 6) is 0. The number of nitrogens with one attached hydrogen (secondary N) is 1. The Morgan fingerprint density at radius 2 is 2.11 bits per heavy atom. The second-order valence-electron chi connectivity index (χ2n) is 5.10. The average molecular weight is 287 g/mol. The molecule has 18 heavy (non-hydrogen) atoms. The standard InChI is InChI=1S/C13H19ClN2OS/c14-13-4-3-12(18-13)7-15-5-6-16-8-10-1-2-11(9-16)17-10/h3-4,10-11,15H,1-2,5-9H2. The largest absolute Gasteiger partial charge is 0.372 e. The summed E-state index contributed by atoms with van der Waals surface area (Å²) in [7, 11) is 0. The molecule has 3 nitrogen and oxygen atoms in total. The molecule has 3 rings (SSSR count). The molecule has 2 fully saturated rings. The molecule has 2 atom stereocenters. The number of hydrogen-bond donors (Lipinski definition) is 1. The van der Waals surface area contributed by atoms with Gasteiger partial charge in [-0.25, -0.2) is 0 Å². The summed E-state index contributed by atoms with van der Waals surface area (Å²) in [6, 6.07) is 4.05. The van der Waals surface area contributed by atoms with E-state index >= 15 is 0 Å². The van der Waals surface area contributed by atoms with E-state index in [0.717, 1.165) is 37.1 Å². The van der Waals surface area contributed by atoms with Gasteiger partial charge in [0.05, 0.1) is 16.5 Å². The van der Waals surface area contributed by atoms with Gasteiger partial charge < -0.3 is 10.1 Å². The van der Waals surface area contributed by atoms with E-state index in [9.17, 15) is 0 Å². The number of likely N-dealkylation sites (tertiary alicyclic amines) is 1. The number of rotatable bonds is 5. The quantitative estimate of drug-likeness (QED) is 0.841. The van der Waals surface area contributed by atoms with Gasteiger partial charge in [-0.05, 0) is 25.0 Å². The van der Waals surface area contributed by atoms with Crippen LogP contribution in [0.1, 0.15) is 17.7 Å². The zero-order valence-electron chi connectivity index (χ0n) is 10.4. The number of nitrogens with zero attached hydrogens (tertiary/aromatic N) is 1. The third kappa shape index (κ3) is 3.25. The van der Waals surface area contributed by atoms with Crippen LogP contribution in [0.3, 0.4) is 0 Å². The van der Waals surface area contributed by atoms with Gasteiger partial charge in [-0.3, -0.25) is 4.90 Å². The van der Waals surface area contributed by atoms with E-state index < -0.39 is 0 Å². The number of fused-ring (bicyclic) bond motifs is 2. The van der Waals surface area contributed by atoms with Gasteiger partial charge in [-0.15, -0.1) is 11.3 Å². The minimum Gasteiger partial charge on any atom is -0.372 e. The molecule has 0 amide bonds. The summed E-state index contributed by atoms with van der Waals surface area (Å²) in [5, 5.41) is 3.48. The zero-order valence-corrected chi connectivity index (χ0v) is 12.0. The van der Waals surface area contributed by atoms with Crippen LogP contribution in [0.15, 0.2) is 12.1 Å². The van der Waals surface area contributed by atoms with Crippen LogP contribution in [0.2, 0.25) is 4.34 Å². The van der Waals surface area contributed by atoms with Gasteiger partial charge in [0.1, 0.15) is 0 Å². The topological polar surface area (TPSA) is 24.5 Å². The molecule has 0 saturated carbocycles. The Labute approximate surface area is 117 Å². The van der Waals surface area contributed by atoms with Crippen molar-refractivity contribution in [2.75, 3.05) is 26.2 Å². The maximum atomic E-state index is 5.90. The van der Waals surface area contributed by atoms with Crippen molar-refractivity contribution < 1.29 is 4.74 Å². The predicted octanol–water partition coefficient (Wildman–Crippen LogP) is 2.35. The van der Waals surface area contributed by atoms with Gasteiger partial charge in [0.25, 0.3) is 0 Å². The number of thiophene rings is 1. The molecule has 2 bridgehead atoms. The van der Waals surface area contributed by atoms with E-state index in [1.807, 2.05) is 6.07 Å². The van der Waals surface area contributed by atoms with Crippen molar-refractivity contribution in [2.24, 2.45) is 0 Å². The molecule has 0 spiro atoms. The molecule has 1 N–H and O–H groups in total. The van der Waals surface area contributed by atoms with Gasteiger partial charge in [-0.2, -0.15) is 0 Å². The third-order valence-corrected chi connectivity index (χ3v) is 4.88. The van der Waals surface area contributed by atoms with Crippen molar-refractivity contribution in [3.05, 3.63) is 21.3 Å². The molecule has 2 unspecified atom stereocenters. The highest BCUT2D eigenvalue weighted by atomic mass is 35.5. The van der Waals surface area contributed by atoms with Gasteiger partial charge >= 0.3 is 0 Å². The Balaban J connectivity index is 1.35. The molecule has 100 valence electrons. The first kappa shape index (κ1) is 12.9. The maximum absolute atomic E-state index is 5.90. The zero-order chi connectivity index (χ0) is 12.4. The number of hydrogen-bond acceptors (Lipinski definition) is 4. The first-order valence-electron chi connectivity index (χ1n) is 6.62.